The molecule has 1 unspecified atom stereocenters. The minimum absolute atomic E-state index is 0.109. The summed E-state index contributed by atoms with van der Waals surface area (Å²) in [6.07, 6.45) is 5.15. The molecule has 0 spiro atoms. The van der Waals surface area contributed by atoms with Crippen LogP contribution in [0.2, 0.25) is 0 Å². The number of ether oxygens (including phenoxy) is 1. The topological polar surface area (TPSA) is 35.2 Å². The molecule has 0 aromatic heterocycles. The number of benzene rings is 1. The third-order valence-electron chi connectivity index (χ3n) is 5.01. The van der Waals surface area contributed by atoms with Crippen LogP contribution in [-0.4, -0.2) is 7.11 Å². The summed E-state index contributed by atoms with van der Waals surface area (Å²) in [5.74, 6) is 3.23. The first-order valence-electron chi connectivity index (χ1n) is 7.93. The molecule has 1 aromatic rings. The van der Waals surface area contributed by atoms with Crippen LogP contribution < -0.4 is 10.5 Å². The third-order valence-corrected chi connectivity index (χ3v) is 5.01. The van der Waals surface area contributed by atoms with Crippen molar-refractivity contribution in [3.63, 3.8) is 0 Å². The van der Waals surface area contributed by atoms with Gasteiger partial charge in [0.15, 0.2) is 0 Å². The lowest BCUT2D eigenvalue weighted by Crippen LogP contribution is -2.27. The molecule has 2 nitrogen and oxygen atoms in total. The Bertz CT molecular complexity index is 433. The van der Waals surface area contributed by atoms with E-state index in [2.05, 4.69) is 32.9 Å². The van der Waals surface area contributed by atoms with Gasteiger partial charge >= 0.3 is 0 Å². The van der Waals surface area contributed by atoms with E-state index in [9.17, 15) is 0 Å². The molecule has 0 saturated heterocycles. The average Bonchev–Trinajstić information content (AvgIpc) is 2.46. The lowest BCUT2D eigenvalue weighted by molar-refractivity contribution is 0.202. The van der Waals surface area contributed by atoms with E-state index in [1.165, 1.54) is 36.8 Å². The summed E-state index contributed by atoms with van der Waals surface area (Å²) in [6, 6.07) is 6.44. The van der Waals surface area contributed by atoms with E-state index in [1.54, 1.807) is 7.11 Å². The lowest BCUT2D eigenvalue weighted by atomic mass is 9.73. The van der Waals surface area contributed by atoms with Gasteiger partial charge in [0.2, 0.25) is 0 Å². The molecule has 2 N–H and O–H groups in total. The Morgan fingerprint density at radius 2 is 1.70 bits per heavy atom. The largest absolute Gasteiger partial charge is 0.496 e. The van der Waals surface area contributed by atoms with Crippen LogP contribution in [0, 0.1) is 24.7 Å². The number of methoxy groups -OCH3 is 1. The molecular formula is C18H29NO. The third kappa shape index (κ3) is 3.35. The quantitative estimate of drug-likeness (QED) is 0.880. The smallest absolute Gasteiger partial charge is 0.123 e. The average molecular weight is 275 g/mol. The summed E-state index contributed by atoms with van der Waals surface area (Å²) in [6.45, 7) is 6.80. The van der Waals surface area contributed by atoms with Gasteiger partial charge in [-0.1, -0.05) is 31.5 Å². The van der Waals surface area contributed by atoms with Gasteiger partial charge < -0.3 is 10.5 Å². The molecule has 0 amide bonds. The maximum absolute atomic E-state index is 6.56. The van der Waals surface area contributed by atoms with Crippen molar-refractivity contribution >= 4 is 0 Å². The fraction of sp³-hybridized carbons (Fsp3) is 0.667. The summed E-state index contributed by atoms with van der Waals surface area (Å²) in [4.78, 5) is 0. The predicted molar refractivity (Wildman–Crippen MR) is 84.9 cm³/mol. The minimum Gasteiger partial charge on any atom is -0.496 e. The Morgan fingerprint density at radius 1 is 1.10 bits per heavy atom. The number of hydrogen-bond acceptors (Lipinski definition) is 2. The standard InChI is InChI=1S/C18H29NO/c1-12(2)14-6-8-15(9-7-14)18(19)16-11-13(3)5-10-17(16)20-4/h5,10-12,14-15,18H,6-9,19H2,1-4H3. The Kier molecular flexibility index (Phi) is 5.09. The first-order chi connectivity index (χ1) is 9.52. The number of nitrogens with two attached hydrogens (primary N) is 1. The van der Waals surface area contributed by atoms with Crippen LogP contribution >= 0.6 is 0 Å². The highest BCUT2D eigenvalue weighted by Crippen LogP contribution is 2.40. The van der Waals surface area contributed by atoms with E-state index < -0.39 is 0 Å². The zero-order chi connectivity index (χ0) is 14.7. The van der Waals surface area contributed by atoms with E-state index in [0.29, 0.717) is 5.92 Å². The summed E-state index contributed by atoms with van der Waals surface area (Å²) in [5, 5.41) is 0. The van der Waals surface area contributed by atoms with Crippen molar-refractivity contribution < 1.29 is 4.74 Å². The SMILES string of the molecule is COc1ccc(C)cc1C(N)C1CCC(C(C)C)CC1. The maximum Gasteiger partial charge on any atom is 0.123 e. The van der Waals surface area contributed by atoms with E-state index in [0.717, 1.165) is 17.6 Å². The van der Waals surface area contributed by atoms with Gasteiger partial charge in [0.05, 0.1) is 7.11 Å². The molecule has 2 heteroatoms. The lowest BCUT2D eigenvalue weighted by Gasteiger charge is -2.34. The molecule has 112 valence electrons. The monoisotopic (exact) mass is 275 g/mol. The molecule has 0 bridgehead atoms. The summed E-state index contributed by atoms with van der Waals surface area (Å²) in [5.41, 5.74) is 8.99. The first kappa shape index (κ1) is 15.4. The molecule has 1 aliphatic carbocycles. The van der Waals surface area contributed by atoms with Gasteiger partial charge in [0.25, 0.3) is 0 Å². The van der Waals surface area contributed by atoms with Gasteiger partial charge in [-0.2, -0.15) is 0 Å². The maximum atomic E-state index is 6.56. The molecule has 0 radical (unpaired) electrons. The van der Waals surface area contributed by atoms with E-state index in [-0.39, 0.29) is 6.04 Å². The summed E-state index contributed by atoms with van der Waals surface area (Å²) < 4.78 is 5.49. The second kappa shape index (κ2) is 6.62. The van der Waals surface area contributed by atoms with Gasteiger partial charge in [0.1, 0.15) is 5.75 Å². The fourth-order valence-corrected chi connectivity index (χ4v) is 3.54. The van der Waals surface area contributed by atoms with Crippen molar-refractivity contribution in [3.05, 3.63) is 29.3 Å². The molecule has 1 aromatic carbocycles. The summed E-state index contributed by atoms with van der Waals surface area (Å²) in [7, 11) is 1.73. The molecule has 1 fully saturated rings. The van der Waals surface area contributed by atoms with Crippen molar-refractivity contribution in [2.45, 2.75) is 52.5 Å². The Morgan fingerprint density at radius 3 is 2.25 bits per heavy atom. The highest BCUT2D eigenvalue weighted by atomic mass is 16.5. The van der Waals surface area contributed by atoms with Crippen LogP contribution in [0.25, 0.3) is 0 Å². The first-order valence-corrected chi connectivity index (χ1v) is 7.93. The Labute approximate surface area is 123 Å². The van der Waals surface area contributed by atoms with E-state index >= 15 is 0 Å². The Hall–Kier alpha value is -1.02. The van der Waals surface area contributed by atoms with Crippen LogP contribution in [0.1, 0.15) is 56.7 Å². The van der Waals surface area contributed by atoms with Crippen molar-refractivity contribution in [2.75, 3.05) is 7.11 Å². The van der Waals surface area contributed by atoms with Gasteiger partial charge in [-0.25, -0.2) is 0 Å². The Balaban J connectivity index is 2.09. The van der Waals surface area contributed by atoms with E-state index in [1.807, 2.05) is 6.07 Å². The van der Waals surface area contributed by atoms with Crippen LogP contribution in [0.3, 0.4) is 0 Å². The highest BCUT2D eigenvalue weighted by molar-refractivity contribution is 5.39. The second-order valence-corrected chi connectivity index (χ2v) is 6.69. The summed E-state index contributed by atoms with van der Waals surface area (Å²) >= 11 is 0. The highest BCUT2D eigenvalue weighted by Gasteiger charge is 2.29. The van der Waals surface area contributed by atoms with Crippen LogP contribution in [0.15, 0.2) is 18.2 Å². The molecule has 1 aliphatic rings. The molecule has 0 heterocycles. The van der Waals surface area contributed by atoms with Gasteiger partial charge in [-0.05, 0) is 56.4 Å². The molecule has 1 atom stereocenters. The van der Waals surface area contributed by atoms with Gasteiger partial charge in [0, 0.05) is 11.6 Å². The molecule has 1 saturated carbocycles. The van der Waals surface area contributed by atoms with Gasteiger partial charge in [-0.15, -0.1) is 0 Å². The molecule has 20 heavy (non-hydrogen) atoms. The number of hydrogen-bond donors (Lipinski definition) is 1. The number of aryl methyl sites for hydroxylation is 1. The van der Waals surface area contributed by atoms with Crippen molar-refractivity contribution in [1.29, 1.82) is 0 Å². The van der Waals surface area contributed by atoms with Gasteiger partial charge in [-0.3, -0.25) is 0 Å². The predicted octanol–water partition coefficient (Wildman–Crippen LogP) is 4.47. The zero-order valence-corrected chi connectivity index (χ0v) is 13.4. The zero-order valence-electron chi connectivity index (χ0n) is 13.4. The van der Waals surface area contributed by atoms with Crippen LogP contribution in [0.5, 0.6) is 5.75 Å². The van der Waals surface area contributed by atoms with E-state index in [4.69, 9.17) is 10.5 Å². The molecule has 2 rings (SSSR count). The van der Waals surface area contributed by atoms with Crippen molar-refractivity contribution in [1.82, 2.24) is 0 Å². The fourth-order valence-electron chi connectivity index (χ4n) is 3.54. The van der Waals surface area contributed by atoms with Crippen molar-refractivity contribution in [3.8, 4) is 5.75 Å². The van der Waals surface area contributed by atoms with Crippen molar-refractivity contribution in [2.24, 2.45) is 23.5 Å². The number of rotatable bonds is 4. The van der Waals surface area contributed by atoms with Crippen LogP contribution in [0.4, 0.5) is 0 Å². The molecule has 0 aliphatic heterocycles. The normalized spacial score (nSPS) is 24.7. The van der Waals surface area contributed by atoms with Crippen LogP contribution in [-0.2, 0) is 0 Å². The molecular weight excluding hydrogens is 246 g/mol. The minimum atomic E-state index is 0.109. The second-order valence-electron chi connectivity index (χ2n) is 6.69.